The molecule has 1 aromatic carbocycles. The van der Waals surface area contributed by atoms with Gasteiger partial charge in [-0.2, -0.15) is 0 Å². The van der Waals surface area contributed by atoms with Crippen LogP contribution in [0.1, 0.15) is 83.8 Å². The second-order valence-electron chi connectivity index (χ2n) is 8.58. The Morgan fingerprint density at radius 3 is 2.32 bits per heavy atom. The first-order chi connectivity index (χ1) is 12.2. The van der Waals surface area contributed by atoms with Crippen LogP contribution in [0.5, 0.6) is 0 Å². The topological polar surface area (TPSA) is 12.5 Å². The minimum atomic E-state index is 0.285. The molecule has 2 fully saturated rings. The standard InChI is InChI=1S/C23H37NO/c1-4-5-11-23(19-9-7-6-8-10-19)25-22-16-20-12-13-21(17-22)24(20)15-14-18(2)3/h6-10,18,20-23H,4-5,11-17H2,1-3H3/t20-,21+,22?,23?. The fourth-order valence-electron chi connectivity index (χ4n) is 4.71. The van der Waals surface area contributed by atoms with Gasteiger partial charge in [-0.15, -0.1) is 0 Å². The van der Waals surface area contributed by atoms with Crippen molar-refractivity contribution in [3.63, 3.8) is 0 Å². The van der Waals surface area contributed by atoms with Crippen molar-refractivity contribution in [2.45, 2.75) is 96.4 Å². The number of hydrogen-bond donors (Lipinski definition) is 0. The maximum absolute atomic E-state index is 6.71. The summed E-state index contributed by atoms with van der Waals surface area (Å²) in [7, 11) is 0. The van der Waals surface area contributed by atoms with Crippen molar-refractivity contribution >= 4 is 0 Å². The molecule has 2 aliphatic heterocycles. The summed E-state index contributed by atoms with van der Waals surface area (Å²) in [6.45, 7) is 8.25. The summed E-state index contributed by atoms with van der Waals surface area (Å²) < 4.78 is 6.71. The molecule has 0 saturated carbocycles. The minimum Gasteiger partial charge on any atom is -0.370 e. The van der Waals surface area contributed by atoms with Gasteiger partial charge in [0.15, 0.2) is 0 Å². The van der Waals surface area contributed by atoms with Crippen molar-refractivity contribution in [2.24, 2.45) is 5.92 Å². The summed E-state index contributed by atoms with van der Waals surface area (Å²) in [4.78, 5) is 2.81. The average Bonchev–Trinajstić information content (AvgIpc) is 2.86. The number of hydrogen-bond acceptors (Lipinski definition) is 2. The van der Waals surface area contributed by atoms with E-state index in [1.54, 1.807) is 0 Å². The summed E-state index contributed by atoms with van der Waals surface area (Å²) in [5.41, 5.74) is 1.37. The lowest BCUT2D eigenvalue weighted by atomic mass is 9.97. The van der Waals surface area contributed by atoms with Gasteiger partial charge >= 0.3 is 0 Å². The van der Waals surface area contributed by atoms with Crippen LogP contribution in [-0.2, 0) is 4.74 Å². The van der Waals surface area contributed by atoms with Gasteiger partial charge in [0, 0.05) is 12.1 Å². The zero-order chi connectivity index (χ0) is 17.6. The lowest BCUT2D eigenvalue weighted by Crippen LogP contribution is -2.46. The molecule has 2 aliphatic rings. The average molecular weight is 344 g/mol. The SMILES string of the molecule is CCCCC(OC1C[C@H]2CC[C@@H](C1)N2CCC(C)C)c1ccccc1. The number of nitrogens with zero attached hydrogens (tertiary/aromatic N) is 1. The molecule has 3 rings (SSSR count). The van der Waals surface area contributed by atoms with Crippen LogP contribution in [0.25, 0.3) is 0 Å². The highest BCUT2D eigenvalue weighted by Gasteiger charge is 2.41. The third-order valence-corrected chi connectivity index (χ3v) is 6.15. The van der Waals surface area contributed by atoms with Crippen molar-refractivity contribution < 1.29 is 4.74 Å². The Morgan fingerprint density at radius 1 is 1.04 bits per heavy atom. The van der Waals surface area contributed by atoms with E-state index in [1.165, 1.54) is 57.1 Å². The summed E-state index contributed by atoms with van der Waals surface area (Å²) >= 11 is 0. The van der Waals surface area contributed by atoms with Gasteiger partial charge in [-0.05, 0) is 56.6 Å². The molecule has 2 nitrogen and oxygen atoms in total. The normalized spacial score (nSPS) is 27.8. The van der Waals surface area contributed by atoms with Crippen LogP contribution in [-0.4, -0.2) is 29.6 Å². The van der Waals surface area contributed by atoms with Crippen LogP contribution >= 0.6 is 0 Å². The summed E-state index contributed by atoms with van der Waals surface area (Å²) in [6.07, 6.45) is 11.0. The van der Waals surface area contributed by atoms with E-state index in [-0.39, 0.29) is 6.10 Å². The Morgan fingerprint density at radius 2 is 1.72 bits per heavy atom. The van der Waals surface area contributed by atoms with Crippen molar-refractivity contribution in [2.75, 3.05) is 6.54 Å². The fourth-order valence-corrected chi connectivity index (χ4v) is 4.71. The molecule has 0 aliphatic carbocycles. The van der Waals surface area contributed by atoms with E-state index in [9.17, 15) is 0 Å². The molecule has 1 aromatic rings. The fraction of sp³-hybridized carbons (Fsp3) is 0.739. The van der Waals surface area contributed by atoms with E-state index >= 15 is 0 Å². The van der Waals surface area contributed by atoms with E-state index in [0.717, 1.165) is 24.4 Å². The molecule has 2 saturated heterocycles. The van der Waals surface area contributed by atoms with Crippen LogP contribution in [0.4, 0.5) is 0 Å². The Bertz CT molecular complexity index is 486. The van der Waals surface area contributed by atoms with Crippen molar-refractivity contribution in [1.82, 2.24) is 4.90 Å². The Balaban J connectivity index is 1.59. The number of ether oxygens (including phenoxy) is 1. The van der Waals surface area contributed by atoms with Gasteiger partial charge in [0.25, 0.3) is 0 Å². The summed E-state index contributed by atoms with van der Waals surface area (Å²) in [6, 6.07) is 12.4. The van der Waals surface area contributed by atoms with Gasteiger partial charge in [0.05, 0.1) is 12.2 Å². The monoisotopic (exact) mass is 343 g/mol. The summed E-state index contributed by atoms with van der Waals surface area (Å²) in [5, 5.41) is 0. The minimum absolute atomic E-state index is 0.285. The number of fused-ring (bicyclic) bond motifs is 2. The highest BCUT2D eigenvalue weighted by molar-refractivity contribution is 5.17. The molecule has 2 heteroatoms. The molecule has 0 aromatic heterocycles. The maximum Gasteiger partial charge on any atom is 0.0828 e. The van der Waals surface area contributed by atoms with Crippen molar-refractivity contribution in [3.05, 3.63) is 35.9 Å². The van der Waals surface area contributed by atoms with E-state index in [4.69, 9.17) is 4.74 Å². The Hall–Kier alpha value is -0.860. The molecular formula is C23H37NO. The van der Waals surface area contributed by atoms with Gasteiger partial charge in [0.1, 0.15) is 0 Å². The molecule has 25 heavy (non-hydrogen) atoms. The predicted molar refractivity (Wildman–Crippen MR) is 106 cm³/mol. The van der Waals surface area contributed by atoms with Gasteiger partial charge in [-0.25, -0.2) is 0 Å². The van der Waals surface area contributed by atoms with Crippen LogP contribution in [0.2, 0.25) is 0 Å². The molecule has 2 heterocycles. The smallest absolute Gasteiger partial charge is 0.0828 e. The number of benzene rings is 1. The lowest BCUT2D eigenvalue weighted by Gasteiger charge is -2.40. The quantitative estimate of drug-likeness (QED) is 0.547. The first-order valence-corrected chi connectivity index (χ1v) is 10.6. The van der Waals surface area contributed by atoms with Crippen molar-refractivity contribution in [3.8, 4) is 0 Å². The highest BCUT2D eigenvalue weighted by atomic mass is 16.5. The molecule has 0 N–H and O–H groups in total. The lowest BCUT2D eigenvalue weighted by molar-refractivity contribution is -0.0663. The second-order valence-corrected chi connectivity index (χ2v) is 8.58. The third-order valence-electron chi connectivity index (χ3n) is 6.15. The molecule has 2 bridgehead atoms. The molecule has 2 unspecified atom stereocenters. The third kappa shape index (κ3) is 5.08. The molecule has 0 spiro atoms. The highest BCUT2D eigenvalue weighted by Crippen LogP contribution is 2.39. The Labute approximate surface area is 154 Å². The Kier molecular flexibility index (Phi) is 6.95. The van der Waals surface area contributed by atoms with E-state index < -0.39 is 0 Å². The number of unbranched alkanes of at least 4 members (excludes halogenated alkanes) is 1. The zero-order valence-corrected chi connectivity index (χ0v) is 16.5. The first-order valence-electron chi connectivity index (χ1n) is 10.6. The van der Waals surface area contributed by atoms with E-state index in [1.807, 2.05) is 0 Å². The van der Waals surface area contributed by atoms with Gasteiger partial charge in [-0.1, -0.05) is 63.9 Å². The van der Waals surface area contributed by atoms with Crippen LogP contribution < -0.4 is 0 Å². The molecule has 140 valence electrons. The van der Waals surface area contributed by atoms with E-state index in [2.05, 4.69) is 56.0 Å². The van der Waals surface area contributed by atoms with Crippen LogP contribution in [0, 0.1) is 5.92 Å². The van der Waals surface area contributed by atoms with Gasteiger partial charge in [-0.3, -0.25) is 4.90 Å². The second kappa shape index (κ2) is 9.19. The van der Waals surface area contributed by atoms with Crippen LogP contribution in [0.3, 0.4) is 0 Å². The molecule has 0 amide bonds. The van der Waals surface area contributed by atoms with E-state index in [0.29, 0.717) is 6.10 Å². The number of piperidine rings is 1. The van der Waals surface area contributed by atoms with Crippen molar-refractivity contribution in [1.29, 1.82) is 0 Å². The molecular weight excluding hydrogens is 306 g/mol. The van der Waals surface area contributed by atoms with Gasteiger partial charge < -0.3 is 4.74 Å². The van der Waals surface area contributed by atoms with Gasteiger partial charge in [0.2, 0.25) is 0 Å². The first kappa shape index (κ1) is 18.9. The zero-order valence-electron chi connectivity index (χ0n) is 16.5. The maximum atomic E-state index is 6.71. The molecule has 0 radical (unpaired) electrons. The predicted octanol–water partition coefficient (Wildman–Crippen LogP) is 5.98. The van der Waals surface area contributed by atoms with Crippen LogP contribution in [0.15, 0.2) is 30.3 Å². The number of rotatable bonds is 9. The summed E-state index contributed by atoms with van der Waals surface area (Å²) in [5.74, 6) is 0.810. The molecule has 4 atom stereocenters. The largest absolute Gasteiger partial charge is 0.370 e.